The van der Waals surface area contributed by atoms with Gasteiger partial charge in [-0.1, -0.05) is 5.92 Å². The molecule has 1 saturated heterocycles. The Balaban J connectivity index is 2.25. The highest BCUT2D eigenvalue weighted by Gasteiger charge is 2.26. The lowest BCUT2D eigenvalue weighted by Crippen LogP contribution is -2.49. The minimum absolute atomic E-state index is 0.000417. The van der Waals surface area contributed by atoms with Crippen LogP contribution < -0.4 is 11.1 Å². The Morgan fingerprint density at radius 2 is 2.26 bits per heavy atom. The summed E-state index contributed by atoms with van der Waals surface area (Å²) in [7, 11) is 0. The molecule has 0 radical (unpaired) electrons. The molecule has 0 spiro atoms. The van der Waals surface area contributed by atoms with Crippen LogP contribution in [-0.2, 0) is 9.53 Å². The van der Waals surface area contributed by atoms with E-state index in [9.17, 15) is 4.79 Å². The Morgan fingerprint density at radius 3 is 2.84 bits per heavy atom. The summed E-state index contributed by atoms with van der Waals surface area (Å²) in [6.45, 7) is 5.39. The fraction of sp³-hybridized carbons (Fsp3) is 0.786. The van der Waals surface area contributed by atoms with E-state index in [4.69, 9.17) is 16.9 Å². The summed E-state index contributed by atoms with van der Waals surface area (Å²) >= 11 is 0. The third kappa shape index (κ3) is 5.60. The van der Waals surface area contributed by atoms with Gasteiger partial charge in [-0.2, -0.15) is 0 Å². The van der Waals surface area contributed by atoms with Crippen LogP contribution in [0.2, 0.25) is 0 Å². The Kier molecular flexibility index (Phi) is 7.49. The van der Waals surface area contributed by atoms with Gasteiger partial charge in [0.15, 0.2) is 0 Å². The van der Waals surface area contributed by atoms with Gasteiger partial charge in [0.1, 0.15) is 0 Å². The first-order valence-corrected chi connectivity index (χ1v) is 6.96. The molecule has 5 heteroatoms. The predicted molar refractivity (Wildman–Crippen MR) is 75.5 cm³/mol. The van der Waals surface area contributed by atoms with E-state index in [0.29, 0.717) is 19.2 Å². The molecule has 1 atom stereocenters. The number of nitrogens with zero attached hydrogens (tertiary/aromatic N) is 1. The lowest BCUT2D eigenvalue weighted by molar-refractivity contribution is -0.126. The smallest absolute Gasteiger partial charge is 0.237 e. The van der Waals surface area contributed by atoms with Crippen molar-refractivity contribution >= 4 is 5.91 Å². The molecule has 0 saturated carbocycles. The minimum atomic E-state index is -0.127. The number of ether oxygens (including phenoxy) is 1. The predicted octanol–water partition coefficient (Wildman–Crippen LogP) is -0.0459. The lowest BCUT2D eigenvalue weighted by Gasteiger charge is -2.35. The highest BCUT2D eigenvalue weighted by molar-refractivity contribution is 5.81. The quantitative estimate of drug-likeness (QED) is 0.501. The molecule has 1 fully saturated rings. The van der Waals surface area contributed by atoms with Gasteiger partial charge in [-0.25, -0.2) is 0 Å². The maximum Gasteiger partial charge on any atom is 0.237 e. The summed E-state index contributed by atoms with van der Waals surface area (Å²) in [4.78, 5) is 14.0. The number of hydrogen-bond acceptors (Lipinski definition) is 4. The molecule has 0 aromatic heterocycles. The van der Waals surface area contributed by atoms with E-state index >= 15 is 0 Å². The molecule has 0 aromatic rings. The van der Waals surface area contributed by atoms with Crippen molar-refractivity contribution in [1.29, 1.82) is 0 Å². The molecule has 19 heavy (non-hydrogen) atoms. The second kappa shape index (κ2) is 8.92. The van der Waals surface area contributed by atoms with Crippen molar-refractivity contribution in [3.8, 4) is 12.3 Å². The van der Waals surface area contributed by atoms with Gasteiger partial charge >= 0.3 is 0 Å². The molecular weight excluding hydrogens is 242 g/mol. The standard InChI is InChI=1S/C14H25N3O2/c1-3-8-16-14(18)12(2)17-9-5-13(6-10-17)19-11-4-7-15/h1,12-13H,4-11,15H2,2H3,(H,16,18). The van der Waals surface area contributed by atoms with Crippen LogP contribution in [0, 0.1) is 12.3 Å². The molecule has 0 aromatic carbocycles. The average molecular weight is 267 g/mol. The van der Waals surface area contributed by atoms with Crippen LogP contribution in [0.3, 0.4) is 0 Å². The Bertz CT molecular complexity index is 306. The zero-order chi connectivity index (χ0) is 14.1. The molecule has 1 unspecified atom stereocenters. The second-order valence-electron chi connectivity index (χ2n) is 4.85. The maximum atomic E-state index is 11.8. The van der Waals surface area contributed by atoms with Crippen LogP contribution in [0.25, 0.3) is 0 Å². The zero-order valence-corrected chi connectivity index (χ0v) is 11.7. The van der Waals surface area contributed by atoms with Gasteiger partial charge in [0, 0.05) is 19.7 Å². The molecule has 108 valence electrons. The number of amides is 1. The van der Waals surface area contributed by atoms with E-state index in [1.807, 2.05) is 6.92 Å². The largest absolute Gasteiger partial charge is 0.378 e. The second-order valence-corrected chi connectivity index (χ2v) is 4.85. The summed E-state index contributed by atoms with van der Waals surface area (Å²) < 4.78 is 5.74. The van der Waals surface area contributed by atoms with Crippen molar-refractivity contribution in [2.45, 2.75) is 38.3 Å². The topological polar surface area (TPSA) is 67.6 Å². The molecule has 1 rings (SSSR count). The van der Waals surface area contributed by atoms with Crippen LogP contribution in [0.15, 0.2) is 0 Å². The first kappa shape index (κ1) is 16.0. The summed E-state index contributed by atoms with van der Waals surface area (Å²) in [6, 6.07) is -0.127. The van der Waals surface area contributed by atoms with Crippen molar-refractivity contribution in [3.63, 3.8) is 0 Å². The minimum Gasteiger partial charge on any atom is -0.378 e. The van der Waals surface area contributed by atoms with Gasteiger partial charge in [0.2, 0.25) is 5.91 Å². The first-order valence-electron chi connectivity index (χ1n) is 6.96. The monoisotopic (exact) mass is 267 g/mol. The van der Waals surface area contributed by atoms with E-state index in [0.717, 1.165) is 39.0 Å². The fourth-order valence-electron chi connectivity index (χ4n) is 2.21. The third-order valence-corrected chi connectivity index (χ3v) is 3.47. The van der Waals surface area contributed by atoms with Gasteiger partial charge in [-0.05, 0) is 32.7 Å². The zero-order valence-electron chi connectivity index (χ0n) is 11.7. The molecule has 1 heterocycles. The first-order chi connectivity index (χ1) is 9.19. The molecule has 0 bridgehead atoms. The Morgan fingerprint density at radius 1 is 1.58 bits per heavy atom. The van der Waals surface area contributed by atoms with E-state index in [1.165, 1.54) is 0 Å². The fourth-order valence-corrected chi connectivity index (χ4v) is 2.21. The molecule has 1 aliphatic heterocycles. The molecule has 1 amide bonds. The van der Waals surface area contributed by atoms with Crippen LogP contribution >= 0.6 is 0 Å². The number of likely N-dealkylation sites (tertiary alicyclic amines) is 1. The van der Waals surface area contributed by atoms with Crippen LogP contribution in [-0.4, -0.2) is 55.7 Å². The van der Waals surface area contributed by atoms with Crippen LogP contribution in [0.1, 0.15) is 26.2 Å². The van der Waals surface area contributed by atoms with Gasteiger partial charge < -0.3 is 15.8 Å². The molecule has 0 aliphatic carbocycles. The summed E-state index contributed by atoms with van der Waals surface area (Å²) in [5.74, 6) is 2.41. The SMILES string of the molecule is C#CCNC(=O)C(C)N1CCC(OCCCN)CC1. The Labute approximate surface area is 115 Å². The summed E-state index contributed by atoms with van der Waals surface area (Å²) in [6.07, 6.45) is 8.28. The van der Waals surface area contributed by atoms with E-state index in [1.54, 1.807) is 0 Å². The number of rotatable bonds is 7. The van der Waals surface area contributed by atoms with Crippen molar-refractivity contribution in [3.05, 3.63) is 0 Å². The number of carbonyl (C=O) groups is 1. The van der Waals surface area contributed by atoms with Gasteiger partial charge in [-0.3, -0.25) is 9.69 Å². The van der Waals surface area contributed by atoms with E-state index in [2.05, 4.69) is 16.1 Å². The summed E-state index contributed by atoms with van der Waals surface area (Å²) in [5, 5.41) is 2.72. The molecular formula is C14H25N3O2. The third-order valence-electron chi connectivity index (χ3n) is 3.47. The highest BCUT2D eigenvalue weighted by atomic mass is 16.5. The molecule has 5 nitrogen and oxygen atoms in total. The van der Waals surface area contributed by atoms with Crippen molar-refractivity contribution in [2.75, 3.05) is 32.8 Å². The lowest BCUT2D eigenvalue weighted by atomic mass is 10.1. The van der Waals surface area contributed by atoms with E-state index in [-0.39, 0.29) is 11.9 Å². The normalized spacial score (nSPS) is 18.8. The molecule has 3 N–H and O–H groups in total. The number of piperidine rings is 1. The van der Waals surface area contributed by atoms with Gasteiger partial charge in [0.25, 0.3) is 0 Å². The maximum absolute atomic E-state index is 11.8. The Hall–Kier alpha value is -1.09. The summed E-state index contributed by atoms with van der Waals surface area (Å²) in [5.41, 5.74) is 5.43. The van der Waals surface area contributed by atoms with Crippen LogP contribution in [0.5, 0.6) is 0 Å². The number of carbonyl (C=O) groups excluding carboxylic acids is 1. The van der Waals surface area contributed by atoms with Crippen molar-refractivity contribution in [1.82, 2.24) is 10.2 Å². The number of hydrogen-bond donors (Lipinski definition) is 2. The van der Waals surface area contributed by atoms with Crippen LogP contribution in [0.4, 0.5) is 0 Å². The van der Waals surface area contributed by atoms with Gasteiger partial charge in [0.05, 0.1) is 18.7 Å². The number of nitrogens with one attached hydrogen (secondary N) is 1. The number of terminal acetylenes is 1. The van der Waals surface area contributed by atoms with Gasteiger partial charge in [-0.15, -0.1) is 6.42 Å². The highest BCUT2D eigenvalue weighted by Crippen LogP contribution is 2.16. The van der Waals surface area contributed by atoms with Crippen molar-refractivity contribution < 1.29 is 9.53 Å². The van der Waals surface area contributed by atoms with E-state index < -0.39 is 0 Å². The number of nitrogens with two attached hydrogens (primary N) is 1. The average Bonchev–Trinajstić information content (AvgIpc) is 2.45. The molecule has 1 aliphatic rings. The van der Waals surface area contributed by atoms with Crippen molar-refractivity contribution in [2.24, 2.45) is 5.73 Å².